The summed E-state index contributed by atoms with van der Waals surface area (Å²) in [5.74, 6) is -1.22. The molecule has 1 amide bonds. The van der Waals surface area contributed by atoms with Gasteiger partial charge in [0, 0.05) is 0 Å². The van der Waals surface area contributed by atoms with E-state index in [1.807, 2.05) is 0 Å². The van der Waals surface area contributed by atoms with Crippen LogP contribution in [0.2, 0.25) is 5.02 Å². The van der Waals surface area contributed by atoms with Crippen molar-refractivity contribution in [1.29, 1.82) is 0 Å². The van der Waals surface area contributed by atoms with E-state index in [1.165, 1.54) is 18.3 Å². The quantitative estimate of drug-likeness (QED) is 0.814. The molecule has 1 aromatic heterocycles. The van der Waals surface area contributed by atoms with Crippen molar-refractivity contribution >= 4 is 55.2 Å². The van der Waals surface area contributed by atoms with Gasteiger partial charge in [0.2, 0.25) is 0 Å². The van der Waals surface area contributed by atoms with Crippen molar-refractivity contribution in [1.82, 2.24) is 9.97 Å². The molecule has 0 radical (unpaired) electrons. The third-order valence-corrected chi connectivity index (χ3v) is 3.37. The van der Waals surface area contributed by atoms with E-state index >= 15 is 0 Å². The van der Waals surface area contributed by atoms with Gasteiger partial charge in [0.15, 0.2) is 5.82 Å². The van der Waals surface area contributed by atoms with Crippen LogP contribution >= 0.6 is 43.5 Å². The van der Waals surface area contributed by atoms with Gasteiger partial charge >= 0.3 is 0 Å². The smallest absolute Gasteiger partial charge is 0.261 e. The molecule has 0 spiro atoms. The Hall–Kier alpha value is -1.05. The minimum Gasteiger partial charge on any atom is -0.304 e. The average Bonchev–Trinajstić information content (AvgIpc) is 2.32. The van der Waals surface area contributed by atoms with Gasteiger partial charge < -0.3 is 5.32 Å². The van der Waals surface area contributed by atoms with E-state index in [9.17, 15) is 9.18 Å². The largest absolute Gasteiger partial charge is 0.304 e. The van der Waals surface area contributed by atoms with E-state index in [1.54, 1.807) is 0 Å². The number of nitrogens with one attached hydrogen (secondary N) is 1. The van der Waals surface area contributed by atoms with Crippen LogP contribution in [0.25, 0.3) is 0 Å². The van der Waals surface area contributed by atoms with Gasteiger partial charge in [-0.15, -0.1) is 0 Å². The van der Waals surface area contributed by atoms with Crippen LogP contribution in [0, 0.1) is 5.82 Å². The fraction of sp³-hybridized carbons (Fsp3) is 0. The van der Waals surface area contributed by atoms with Gasteiger partial charge in [-0.05, 0) is 44.0 Å². The second kappa shape index (κ2) is 5.94. The van der Waals surface area contributed by atoms with E-state index in [0.29, 0.717) is 9.21 Å². The highest BCUT2D eigenvalue weighted by Crippen LogP contribution is 2.23. The summed E-state index contributed by atoms with van der Waals surface area (Å²) in [7, 11) is 0. The molecule has 0 unspecified atom stereocenters. The van der Waals surface area contributed by atoms with Crippen LogP contribution in [0.3, 0.4) is 0 Å². The summed E-state index contributed by atoms with van der Waals surface area (Å²) in [6, 6.07) is 4.01. The topological polar surface area (TPSA) is 54.9 Å². The van der Waals surface area contributed by atoms with E-state index in [0.717, 1.165) is 6.07 Å². The van der Waals surface area contributed by atoms with Crippen LogP contribution < -0.4 is 5.32 Å². The van der Waals surface area contributed by atoms with Crippen LogP contribution in [0.1, 0.15) is 10.4 Å². The number of aromatic nitrogens is 2. The Balaban J connectivity index is 2.31. The van der Waals surface area contributed by atoms with Gasteiger partial charge in [0.25, 0.3) is 5.91 Å². The lowest BCUT2D eigenvalue weighted by Gasteiger charge is -2.08. The molecule has 19 heavy (non-hydrogen) atoms. The van der Waals surface area contributed by atoms with E-state index in [-0.39, 0.29) is 16.4 Å². The molecular weight excluding hydrogens is 404 g/mol. The van der Waals surface area contributed by atoms with Gasteiger partial charge in [-0.25, -0.2) is 14.4 Å². The van der Waals surface area contributed by atoms with Crippen LogP contribution in [0.5, 0.6) is 0 Å². The predicted octanol–water partition coefficient (Wildman–Crippen LogP) is 4.05. The number of rotatable bonds is 2. The first kappa shape index (κ1) is 14.4. The van der Waals surface area contributed by atoms with Gasteiger partial charge in [-0.3, -0.25) is 4.79 Å². The van der Waals surface area contributed by atoms with Crippen molar-refractivity contribution in [2.24, 2.45) is 0 Å². The molecule has 1 heterocycles. The number of benzene rings is 1. The highest BCUT2D eigenvalue weighted by molar-refractivity contribution is 9.11. The molecule has 2 aromatic rings. The fourth-order valence-corrected chi connectivity index (χ4v) is 2.47. The summed E-state index contributed by atoms with van der Waals surface area (Å²) in [5, 5.41) is 2.46. The first-order valence-corrected chi connectivity index (χ1v) is 6.89. The highest BCUT2D eigenvalue weighted by atomic mass is 79.9. The molecule has 0 bridgehead atoms. The molecule has 98 valence electrons. The number of carbonyl (C=O) groups excluding carboxylic acids is 1. The van der Waals surface area contributed by atoms with Gasteiger partial charge in [0.05, 0.1) is 16.8 Å². The van der Waals surface area contributed by atoms with Crippen LogP contribution in [0.4, 0.5) is 10.2 Å². The molecule has 0 saturated heterocycles. The summed E-state index contributed by atoms with van der Waals surface area (Å²) >= 11 is 12.1. The van der Waals surface area contributed by atoms with Crippen molar-refractivity contribution in [3.63, 3.8) is 0 Å². The fourth-order valence-electron chi connectivity index (χ4n) is 1.32. The summed E-state index contributed by atoms with van der Waals surface area (Å²) in [4.78, 5) is 19.9. The van der Waals surface area contributed by atoms with Gasteiger partial charge in [0.1, 0.15) is 15.0 Å². The maximum Gasteiger partial charge on any atom is 0.261 e. The lowest BCUT2D eigenvalue weighted by atomic mass is 10.2. The Kier molecular flexibility index (Phi) is 4.49. The van der Waals surface area contributed by atoms with Crippen molar-refractivity contribution in [3.8, 4) is 0 Å². The first-order valence-electron chi connectivity index (χ1n) is 4.92. The Labute approximate surface area is 129 Å². The monoisotopic (exact) mass is 407 g/mol. The first-order chi connectivity index (χ1) is 8.99. The summed E-state index contributed by atoms with van der Waals surface area (Å²) < 4.78 is 14.4. The Morgan fingerprint density at radius 1 is 1.37 bits per heavy atom. The number of nitrogens with zero attached hydrogens (tertiary/aromatic N) is 2. The summed E-state index contributed by atoms with van der Waals surface area (Å²) in [5.41, 5.74) is -0.235. The third kappa shape index (κ3) is 3.29. The molecule has 2 rings (SSSR count). The standard InChI is InChI=1S/C11H5Br2ClFN3O/c12-7-4-16-10(9(13)17-7)18-11(19)8-5(14)2-1-3-6(8)15/h1-4H,(H,16,18,19). The SMILES string of the molecule is O=C(Nc1ncc(Br)nc1Br)c1c(F)cccc1Cl. The van der Waals surface area contributed by atoms with E-state index in [2.05, 4.69) is 47.1 Å². The Morgan fingerprint density at radius 3 is 2.74 bits per heavy atom. The van der Waals surface area contributed by atoms with Gasteiger partial charge in [-0.2, -0.15) is 0 Å². The van der Waals surface area contributed by atoms with Crippen LogP contribution in [-0.2, 0) is 0 Å². The molecule has 0 aliphatic heterocycles. The molecule has 8 heteroatoms. The maximum absolute atomic E-state index is 13.6. The van der Waals surface area contributed by atoms with Crippen molar-refractivity contribution in [2.45, 2.75) is 0 Å². The second-order valence-electron chi connectivity index (χ2n) is 3.38. The number of amides is 1. The number of anilines is 1. The Bertz CT molecular complexity index is 634. The summed E-state index contributed by atoms with van der Waals surface area (Å²) in [6.45, 7) is 0. The maximum atomic E-state index is 13.6. The highest BCUT2D eigenvalue weighted by Gasteiger charge is 2.17. The zero-order valence-corrected chi connectivity index (χ0v) is 13.1. The lowest BCUT2D eigenvalue weighted by molar-refractivity contribution is 0.102. The number of hydrogen-bond donors (Lipinski definition) is 1. The molecule has 0 saturated carbocycles. The number of carbonyl (C=O) groups is 1. The predicted molar refractivity (Wildman–Crippen MR) is 76.8 cm³/mol. The van der Waals surface area contributed by atoms with Crippen molar-refractivity contribution in [3.05, 3.63) is 50.0 Å². The van der Waals surface area contributed by atoms with Crippen LogP contribution in [-0.4, -0.2) is 15.9 Å². The molecule has 1 N–H and O–H groups in total. The minimum absolute atomic E-state index is 0.0266. The third-order valence-electron chi connectivity index (χ3n) is 2.12. The normalized spacial score (nSPS) is 10.3. The second-order valence-corrected chi connectivity index (χ2v) is 5.35. The minimum atomic E-state index is -0.703. The number of halogens is 4. The molecule has 4 nitrogen and oxygen atoms in total. The molecular formula is C11H5Br2ClFN3O. The molecule has 0 aliphatic carbocycles. The molecule has 0 aliphatic rings. The van der Waals surface area contributed by atoms with E-state index in [4.69, 9.17) is 11.6 Å². The molecule has 0 atom stereocenters. The molecule has 1 aromatic carbocycles. The van der Waals surface area contributed by atoms with Crippen molar-refractivity contribution < 1.29 is 9.18 Å². The van der Waals surface area contributed by atoms with Crippen molar-refractivity contribution in [2.75, 3.05) is 5.32 Å². The summed E-state index contributed by atoms with van der Waals surface area (Å²) in [6.07, 6.45) is 1.41. The Morgan fingerprint density at radius 2 is 2.11 bits per heavy atom. The van der Waals surface area contributed by atoms with Crippen LogP contribution in [0.15, 0.2) is 33.6 Å². The lowest BCUT2D eigenvalue weighted by Crippen LogP contribution is -2.16. The van der Waals surface area contributed by atoms with E-state index < -0.39 is 11.7 Å². The zero-order valence-electron chi connectivity index (χ0n) is 9.12. The number of hydrogen-bond acceptors (Lipinski definition) is 3. The zero-order chi connectivity index (χ0) is 14.0. The van der Waals surface area contributed by atoms with Gasteiger partial charge in [-0.1, -0.05) is 17.7 Å². The average molecular weight is 409 g/mol. The molecule has 0 fully saturated rings.